The molecule has 0 aliphatic heterocycles. The molecule has 0 saturated heterocycles. The third kappa shape index (κ3) is 6.71. The average molecular weight is 300 g/mol. The van der Waals surface area contributed by atoms with Crippen molar-refractivity contribution < 1.29 is 9.47 Å². The van der Waals surface area contributed by atoms with Gasteiger partial charge in [-0.2, -0.15) is 0 Å². The van der Waals surface area contributed by atoms with Crippen LogP contribution in [0.5, 0.6) is 0 Å². The lowest BCUT2D eigenvalue weighted by molar-refractivity contribution is 0.0659. The second-order valence-corrected chi connectivity index (χ2v) is 5.35. The first-order chi connectivity index (χ1) is 9.67. The molecular weight excluding hydrogens is 274 g/mol. The van der Waals surface area contributed by atoms with Crippen molar-refractivity contribution in [3.63, 3.8) is 0 Å². The van der Waals surface area contributed by atoms with E-state index in [2.05, 4.69) is 31.3 Å². The van der Waals surface area contributed by atoms with E-state index >= 15 is 0 Å². The Hall–Kier alpha value is -0.610. The zero-order valence-corrected chi connectivity index (χ0v) is 13.5. The predicted molar refractivity (Wildman–Crippen MR) is 84.7 cm³/mol. The van der Waals surface area contributed by atoms with Crippen LogP contribution in [0.3, 0.4) is 0 Å². The topological polar surface area (TPSA) is 30.5 Å². The van der Waals surface area contributed by atoms with Crippen LogP contribution in [0, 0.1) is 6.92 Å². The third-order valence-corrected chi connectivity index (χ3v) is 3.56. The van der Waals surface area contributed by atoms with Gasteiger partial charge in [0.2, 0.25) is 0 Å². The maximum atomic E-state index is 6.30. The quantitative estimate of drug-likeness (QED) is 0.673. The fourth-order valence-electron chi connectivity index (χ4n) is 2.12. The van der Waals surface area contributed by atoms with E-state index in [1.54, 1.807) is 7.11 Å². The van der Waals surface area contributed by atoms with Crippen molar-refractivity contribution in [1.82, 2.24) is 5.32 Å². The summed E-state index contributed by atoms with van der Waals surface area (Å²) in [5.41, 5.74) is 2.39. The summed E-state index contributed by atoms with van der Waals surface area (Å²) in [5.74, 6) is 0. The minimum Gasteiger partial charge on any atom is -0.382 e. The molecule has 0 aliphatic carbocycles. The Morgan fingerprint density at radius 1 is 1.25 bits per heavy atom. The molecule has 3 nitrogen and oxygen atoms in total. The smallest absolute Gasteiger partial charge is 0.0700 e. The van der Waals surface area contributed by atoms with Gasteiger partial charge >= 0.3 is 0 Å². The van der Waals surface area contributed by atoms with E-state index in [1.165, 1.54) is 11.1 Å². The number of rotatable bonds is 10. The van der Waals surface area contributed by atoms with Gasteiger partial charge in [-0.3, -0.25) is 0 Å². The molecule has 1 rings (SSSR count). The second-order valence-electron chi connectivity index (χ2n) is 4.95. The Labute approximate surface area is 127 Å². The lowest BCUT2D eigenvalue weighted by Crippen LogP contribution is -2.32. The van der Waals surface area contributed by atoms with Gasteiger partial charge in [-0.15, -0.1) is 0 Å². The molecule has 0 aliphatic rings. The summed E-state index contributed by atoms with van der Waals surface area (Å²) in [6.45, 7) is 7.17. The summed E-state index contributed by atoms with van der Waals surface area (Å²) < 4.78 is 10.5. The Morgan fingerprint density at radius 3 is 2.70 bits per heavy atom. The van der Waals surface area contributed by atoms with Crippen molar-refractivity contribution in [1.29, 1.82) is 0 Å². The van der Waals surface area contributed by atoms with Crippen LogP contribution in [-0.2, 0) is 15.9 Å². The Morgan fingerprint density at radius 2 is 2.05 bits per heavy atom. The number of hydrogen-bond acceptors (Lipinski definition) is 3. The first-order valence-corrected chi connectivity index (χ1v) is 7.60. The number of nitrogens with one attached hydrogen (secondary N) is 1. The maximum absolute atomic E-state index is 6.30. The second kappa shape index (κ2) is 10.2. The molecule has 1 N–H and O–H groups in total. The van der Waals surface area contributed by atoms with Crippen molar-refractivity contribution in [3.05, 3.63) is 34.3 Å². The Bertz CT molecular complexity index is 385. The number of ether oxygens (including phenoxy) is 2. The molecular formula is C16H26ClNO2. The SMILES string of the molecule is CCNC(CCOCCOC)Cc1ccc(C)cc1Cl. The van der Waals surface area contributed by atoms with Gasteiger partial charge in [0.05, 0.1) is 13.2 Å². The van der Waals surface area contributed by atoms with E-state index in [0.717, 1.165) is 31.0 Å². The van der Waals surface area contributed by atoms with Crippen LogP contribution >= 0.6 is 11.6 Å². The summed E-state index contributed by atoms with van der Waals surface area (Å²) in [6, 6.07) is 6.64. The molecule has 0 aromatic heterocycles. The first kappa shape index (κ1) is 17.4. The summed E-state index contributed by atoms with van der Waals surface area (Å²) in [4.78, 5) is 0. The number of hydrogen-bond donors (Lipinski definition) is 1. The average Bonchev–Trinajstić information content (AvgIpc) is 2.41. The molecule has 114 valence electrons. The summed E-state index contributed by atoms with van der Waals surface area (Å²) in [5, 5.41) is 4.35. The fraction of sp³-hybridized carbons (Fsp3) is 0.625. The first-order valence-electron chi connectivity index (χ1n) is 7.22. The summed E-state index contributed by atoms with van der Waals surface area (Å²) in [7, 11) is 1.68. The van der Waals surface area contributed by atoms with E-state index in [-0.39, 0.29) is 0 Å². The summed E-state index contributed by atoms with van der Waals surface area (Å²) >= 11 is 6.30. The maximum Gasteiger partial charge on any atom is 0.0700 e. The van der Waals surface area contributed by atoms with Crippen LogP contribution in [-0.4, -0.2) is 39.5 Å². The predicted octanol–water partition coefficient (Wildman–Crippen LogP) is 3.22. The lowest BCUT2D eigenvalue weighted by atomic mass is 10.0. The van der Waals surface area contributed by atoms with Gasteiger partial charge in [0.25, 0.3) is 0 Å². The molecule has 0 fully saturated rings. The number of benzene rings is 1. The number of likely N-dealkylation sites (N-methyl/N-ethyl adjacent to an activating group) is 1. The van der Waals surface area contributed by atoms with Crippen molar-refractivity contribution >= 4 is 11.6 Å². The molecule has 0 bridgehead atoms. The minimum atomic E-state index is 0.391. The van der Waals surface area contributed by atoms with Crippen LogP contribution in [0.15, 0.2) is 18.2 Å². The van der Waals surface area contributed by atoms with Crippen LogP contribution in [0.2, 0.25) is 5.02 Å². The van der Waals surface area contributed by atoms with Crippen molar-refractivity contribution in [2.24, 2.45) is 0 Å². The van der Waals surface area contributed by atoms with E-state index in [1.807, 2.05) is 6.07 Å². The van der Waals surface area contributed by atoms with Gasteiger partial charge in [0.15, 0.2) is 0 Å². The van der Waals surface area contributed by atoms with Crippen LogP contribution in [0.1, 0.15) is 24.5 Å². The third-order valence-electron chi connectivity index (χ3n) is 3.21. The number of halogens is 1. The van der Waals surface area contributed by atoms with Gasteiger partial charge in [0, 0.05) is 24.8 Å². The zero-order chi connectivity index (χ0) is 14.8. The molecule has 1 unspecified atom stereocenters. The molecule has 1 atom stereocenters. The highest BCUT2D eigenvalue weighted by Gasteiger charge is 2.11. The van der Waals surface area contributed by atoms with Gasteiger partial charge in [0.1, 0.15) is 0 Å². The summed E-state index contributed by atoms with van der Waals surface area (Å²) in [6.07, 6.45) is 1.91. The van der Waals surface area contributed by atoms with Crippen LogP contribution in [0.4, 0.5) is 0 Å². The normalized spacial score (nSPS) is 12.6. The monoisotopic (exact) mass is 299 g/mol. The number of methoxy groups -OCH3 is 1. The largest absolute Gasteiger partial charge is 0.382 e. The fourth-order valence-corrected chi connectivity index (χ4v) is 2.43. The van der Waals surface area contributed by atoms with E-state index in [9.17, 15) is 0 Å². The van der Waals surface area contributed by atoms with Gasteiger partial charge in [-0.25, -0.2) is 0 Å². The minimum absolute atomic E-state index is 0.391. The molecule has 0 spiro atoms. The van der Waals surface area contributed by atoms with Gasteiger partial charge in [-0.1, -0.05) is 30.7 Å². The van der Waals surface area contributed by atoms with Gasteiger partial charge < -0.3 is 14.8 Å². The highest BCUT2D eigenvalue weighted by molar-refractivity contribution is 6.31. The van der Waals surface area contributed by atoms with Gasteiger partial charge in [-0.05, 0) is 43.5 Å². The van der Waals surface area contributed by atoms with Crippen LogP contribution < -0.4 is 5.32 Å². The molecule has 4 heteroatoms. The van der Waals surface area contributed by atoms with Crippen molar-refractivity contribution in [2.45, 2.75) is 32.7 Å². The molecule has 0 radical (unpaired) electrons. The number of aryl methyl sites for hydroxylation is 1. The van der Waals surface area contributed by atoms with E-state index in [4.69, 9.17) is 21.1 Å². The standard InChI is InChI=1S/C16H26ClNO2/c1-4-18-15(7-8-20-10-9-19-3)12-14-6-5-13(2)11-16(14)17/h5-6,11,15,18H,4,7-10,12H2,1-3H3. The molecule has 0 saturated carbocycles. The van der Waals surface area contributed by atoms with E-state index in [0.29, 0.717) is 19.3 Å². The van der Waals surface area contributed by atoms with Crippen LogP contribution in [0.25, 0.3) is 0 Å². The van der Waals surface area contributed by atoms with Crippen molar-refractivity contribution in [3.8, 4) is 0 Å². The highest BCUT2D eigenvalue weighted by Crippen LogP contribution is 2.19. The molecule has 1 aromatic carbocycles. The highest BCUT2D eigenvalue weighted by atomic mass is 35.5. The molecule has 1 aromatic rings. The molecule has 0 heterocycles. The molecule has 20 heavy (non-hydrogen) atoms. The Kier molecular flexibility index (Phi) is 8.86. The molecule has 0 amide bonds. The van der Waals surface area contributed by atoms with Crippen molar-refractivity contribution in [2.75, 3.05) is 33.5 Å². The van der Waals surface area contributed by atoms with E-state index < -0.39 is 0 Å². The zero-order valence-electron chi connectivity index (χ0n) is 12.7. The Balaban J connectivity index is 2.45. The lowest BCUT2D eigenvalue weighted by Gasteiger charge is -2.19.